The Bertz CT molecular complexity index is 531. The molecular weight excluding hydrogens is 236 g/mol. The fourth-order valence-electron chi connectivity index (χ4n) is 2.59. The van der Waals surface area contributed by atoms with Gasteiger partial charge in [-0.1, -0.05) is 31.4 Å². The van der Waals surface area contributed by atoms with E-state index in [0.717, 1.165) is 29.8 Å². The van der Waals surface area contributed by atoms with Gasteiger partial charge < -0.3 is 10.2 Å². The van der Waals surface area contributed by atoms with E-state index in [1.165, 1.54) is 12.8 Å². The second-order valence-electron chi connectivity index (χ2n) is 5.13. The topological polar surface area (TPSA) is 52.0 Å². The van der Waals surface area contributed by atoms with Gasteiger partial charge in [0.15, 0.2) is 5.58 Å². The van der Waals surface area contributed by atoms with Gasteiger partial charge in [-0.25, -0.2) is 4.98 Å². The third kappa shape index (κ3) is 1.69. The van der Waals surface area contributed by atoms with Crippen LogP contribution in [0.5, 0.6) is 0 Å². The first-order valence-corrected chi connectivity index (χ1v) is 6.32. The van der Waals surface area contributed by atoms with Crippen molar-refractivity contribution < 1.29 is 4.42 Å². The number of rotatable bonds is 1. The molecular formula is C13H15ClN2O. The van der Waals surface area contributed by atoms with Crippen LogP contribution in [0.1, 0.15) is 38.5 Å². The maximum Gasteiger partial charge on any atom is 0.201 e. The number of nitrogens with two attached hydrogens (primary N) is 1. The molecule has 1 saturated carbocycles. The third-order valence-electron chi connectivity index (χ3n) is 3.73. The summed E-state index contributed by atoms with van der Waals surface area (Å²) in [6.07, 6.45) is 4.78. The third-order valence-corrected chi connectivity index (χ3v) is 4.06. The smallest absolute Gasteiger partial charge is 0.201 e. The molecule has 1 heterocycles. The molecule has 1 fully saturated rings. The van der Waals surface area contributed by atoms with Crippen LogP contribution in [0.15, 0.2) is 16.5 Å². The van der Waals surface area contributed by atoms with Crippen molar-refractivity contribution in [3.05, 3.63) is 23.0 Å². The molecule has 0 aliphatic heterocycles. The normalized spacial score (nSPS) is 18.9. The Balaban J connectivity index is 2.13. The van der Waals surface area contributed by atoms with Gasteiger partial charge in [0.05, 0.1) is 10.7 Å². The minimum absolute atomic E-state index is 0.0836. The zero-order chi connectivity index (χ0) is 12.0. The number of halogens is 1. The Morgan fingerprint density at radius 3 is 2.76 bits per heavy atom. The summed E-state index contributed by atoms with van der Waals surface area (Å²) >= 11 is 5.98. The highest BCUT2D eigenvalue weighted by Crippen LogP contribution is 2.41. The summed E-state index contributed by atoms with van der Waals surface area (Å²) in [6, 6.07) is 3.53. The molecule has 2 N–H and O–H groups in total. The predicted molar refractivity (Wildman–Crippen MR) is 69.3 cm³/mol. The van der Waals surface area contributed by atoms with Crippen molar-refractivity contribution >= 4 is 28.4 Å². The zero-order valence-electron chi connectivity index (χ0n) is 9.79. The average Bonchev–Trinajstić information content (AvgIpc) is 2.87. The SMILES string of the molecule is CC1(c2nc3cc(Cl)c(N)cc3o2)CCCC1. The fourth-order valence-corrected chi connectivity index (χ4v) is 2.75. The number of benzene rings is 1. The lowest BCUT2D eigenvalue weighted by molar-refractivity contribution is 0.364. The Kier molecular flexibility index (Phi) is 2.33. The maximum atomic E-state index is 5.98. The Morgan fingerprint density at radius 2 is 2.06 bits per heavy atom. The molecule has 0 unspecified atom stereocenters. The van der Waals surface area contributed by atoms with Gasteiger partial charge in [0.25, 0.3) is 0 Å². The first-order valence-electron chi connectivity index (χ1n) is 5.94. The first-order chi connectivity index (χ1) is 8.08. The van der Waals surface area contributed by atoms with E-state index in [9.17, 15) is 0 Å². The van der Waals surface area contributed by atoms with Crippen LogP contribution in [-0.2, 0) is 5.41 Å². The summed E-state index contributed by atoms with van der Waals surface area (Å²) in [4.78, 5) is 4.56. The molecule has 1 aliphatic carbocycles. The van der Waals surface area contributed by atoms with Crippen LogP contribution >= 0.6 is 11.6 Å². The first kappa shape index (κ1) is 10.9. The number of hydrogen-bond donors (Lipinski definition) is 1. The fraction of sp³-hybridized carbons (Fsp3) is 0.462. The molecule has 0 radical (unpaired) electrons. The molecule has 90 valence electrons. The van der Waals surface area contributed by atoms with E-state index in [-0.39, 0.29) is 5.41 Å². The molecule has 4 heteroatoms. The lowest BCUT2D eigenvalue weighted by atomic mass is 9.89. The molecule has 2 aromatic rings. The number of aromatic nitrogens is 1. The van der Waals surface area contributed by atoms with Gasteiger partial charge in [-0.15, -0.1) is 0 Å². The maximum absolute atomic E-state index is 5.98. The number of oxazole rings is 1. The van der Waals surface area contributed by atoms with Crippen molar-refractivity contribution in [2.45, 2.75) is 38.0 Å². The standard InChI is InChI=1S/C13H15ClN2O/c1-13(4-2-3-5-13)12-16-10-6-8(14)9(15)7-11(10)17-12/h6-7H,2-5,15H2,1H3. The summed E-state index contributed by atoms with van der Waals surface area (Å²) in [5.74, 6) is 0.826. The van der Waals surface area contributed by atoms with Gasteiger partial charge in [0.2, 0.25) is 5.89 Å². The number of anilines is 1. The molecule has 1 aliphatic rings. The molecule has 0 spiro atoms. The molecule has 0 amide bonds. The number of fused-ring (bicyclic) bond motifs is 1. The average molecular weight is 251 g/mol. The lowest BCUT2D eigenvalue weighted by Crippen LogP contribution is -2.16. The second-order valence-corrected chi connectivity index (χ2v) is 5.54. The van der Waals surface area contributed by atoms with Crippen molar-refractivity contribution in [1.29, 1.82) is 0 Å². The summed E-state index contributed by atoms with van der Waals surface area (Å²) in [5, 5.41) is 0.536. The molecule has 3 nitrogen and oxygen atoms in total. The van der Waals surface area contributed by atoms with E-state index in [0.29, 0.717) is 10.7 Å². The quantitative estimate of drug-likeness (QED) is 0.781. The minimum Gasteiger partial charge on any atom is -0.440 e. The Morgan fingerprint density at radius 1 is 1.35 bits per heavy atom. The highest BCUT2D eigenvalue weighted by molar-refractivity contribution is 6.33. The van der Waals surface area contributed by atoms with Crippen LogP contribution < -0.4 is 5.73 Å². The van der Waals surface area contributed by atoms with Crippen molar-refractivity contribution in [2.75, 3.05) is 5.73 Å². The van der Waals surface area contributed by atoms with Crippen LogP contribution in [0, 0.1) is 0 Å². The summed E-state index contributed by atoms with van der Waals surface area (Å²) < 4.78 is 5.84. The van der Waals surface area contributed by atoms with Crippen LogP contribution in [0.4, 0.5) is 5.69 Å². The van der Waals surface area contributed by atoms with E-state index >= 15 is 0 Å². The molecule has 1 aromatic heterocycles. The monoisotopic (exact) mass is 250 g/mol. The van der Waals surface area contributed by atoms with Crippen molar-refractivity contribution in [3.63, 3.8) is 0 Å². The minimum atomic E-state index is 0.0836. The summed E-state index contributed by atoms with van der Waals surface area (Å²) in [7, 11) is 0. The highest BCUT2D eigenvalue weighted by Gasteiger charge is 2.35. The van der Waals surface area contributed by atoms with Gasteiger partial charge in [-0.3, -0.25) is 0 Å². The largest absolute Gasteiger partial charge is 0.440 e. The van der Waals surface area contributed by atoms with E-state index in [4.69, 9.17) is 21.8 Å². The summed E-state index contributed by atoms with van der Waals surface area (Å²) in [6.45, 7) is 2.22. The van der Waals surface area contributed by atoms with Crippen LogP contribution in [0.25, 0.3) is 11.1 Å². The Hall–Kier alpha value is -1.22. The van der Waals surface area contributed by atoms with Crippen LogP contribution in [0.3, 0.4) is 0 Å². The number of nitrogen functional groups attached to an aromatic ring is 1. The predicted octanol–water partition coefficient (Wildman–Crippen LogP) is 3.90. The van der Waals surface area contributed by atoms with Crippen LogP contribution in [0.2, 0.25) is 5.02 Å². The molecule has 17 heavy (non-hydrogen) atoms. The molecule has 1 aromatic carbocycles. The van der Waals surface area contributed by atoms with Gasteiger partial charge in [-0.2, -0.15) is 0 Å². The van der Waals surface area contributed by atoms with E-state index in [1.807, 2.05) is 0 Å². The van der Waals surface area contributed by atoms with E-state index < -0.39 is 0 Å². The van der Waals surface area contributed by atoms with Crippen molar-refractivity contribution in [2.24, 2.45) is 0 Å². The van der Waals surface area contributed by atoms with Crippen LogP contribution in [-0.4, -0.2) is 4.98 Å². The second kappa shape index (κ2) is 3.64. The van der Waals surface area contributed by atoms with Crippen molar-refractivity contribution in [1.82, 2.24) is 4.98 Å². The molecule has 0 saturated heterocycles. The number of hydrogen-bond acceptors (Lipinski definition) is 3. The number of nitrogens with zero attached hydrogens (tertiary/aromatic N) is 1. The van der Waals surface area contributed by atoms with Gasteiger partial charge in [0, 0.05) is 11.5 Å². The highest BCUT2D eigenvalue weighted by atomic mass is 35.5. The Labute approximate surface area is 105 Å². The molecule has 0 atom stereocenters. The zero-order valence-corrected chi connectivity index (χ0v) is 10.5. The van der Waals surface area contributed by atoms with E-state index in [1.54, 1.807) is 12.1 Å². The summed E-state index contributed by atoms with van der Waals surface area (Å²) in [5.41, 5.74) is 7.92. The molecule has 0 bridgehead atoms. The molecule has 3 rings (SSSR count). The van der Waals surface area contributed by atoms with Gasteiger partial charge in [-0.05, 0) is 18.9 Å². The van der Waals surface area contributed by atoms with Gasteiger partial charge >= 0.3 is 0 Å². The van der Waals surface area contributed by atoms with Crippen molar-refractivity contribution in [3.8, 4) is 0 Å². The van der Waals surface area contributed by atoms with Gasteiger partial charge in [0.1, 0.15) is 5.52 Å². The lowest BCUT2D eigenvalue weighted by Gasteiger charge is -2.17. The van der Waals surface area contributed by atoms with E-state index in [2.05, 4.69) is 11.9 Å².